The van der Waals surface area contributed by atoms with Gasteiger partial charge in [0.1, 0.15) is 24.9 Å². The molecule has 0 spiro atoms. The fraction of sp³-hybridized carbons (Fsp3) is 0.927. The van der Waals surface area contributed by atoms with E-state index in [-0.39, 0.29) is 61.1 Å². The number of hydrogen-bond acceptors (Lipinski definition) is 14. The molecule has 312 valence electrons. The van der Waals surface area contributed by atoms with Gasteiger partial charge in [-0.3, -0.25) is 0 Å². The van der Waals surface area contributed by atoms with Crippen molar-refractivity contribution >= 4 is 5.97 Å². The summed E-state index contributed by atoms with van der Waals surface area (Å²) in [5.41, 5.74) is -0.892. The minimum absolute atomic E-state index is 0.0452. The molecule has 55 heavy (non-hydrogen) atoms. The summed E-state index contributed by atoms with van der Waals surface area (Å²) in [5, 5.41) is 66.9. The van der Waals surface area contributed by atoms with Gasteiger partial charge < -0.3 is 63.8 Å². The van der Waals surface area contributed by atoms with Crippen molar-refractivity contribution < 1.29 is 68.6 Å². The van der Waals surface area contributed by atoms with Crippen molar-refractivity contribution in [1.82, 2.24) is 0 Å². The van der Waals surface area contributed by atoms with Crippen LogP contribution >= 0.6 is 0 Å². The van der Waals surface area contributed by atoms with Gasteiger partial charge >= 0.3 is 5.97 Å². The van der Waals surface area contributed by atoms with Gasteiger partial charge in [0.05, 0.1) is 54.4 Å². The molecule has 14 heteroatoms. The van der Waals surface area contributed by atoms with Crippen LogP contribution in [0.15, 0.2) is 11.6 Å². The Balaban J connectivity index is 0.837. The predicted molar refractivity (Wildman–Crippen MR) is 193 cm³/mol. The molecule has 0 radical (unpaired) electrons. The third-order valence-electron chi connectivity index (χ3n) is 16.0. The smallest absolute Gasteiger partial charge is 0.331 e. The van der Waals surface area contributed by atoms with Crippen molar-refractivity contribution in [2.24, 2.45) is 34.5 Å². The monoisotopic (exact) mass is 780 g/mol. The van der Waals surface area contributed by atoms with Gasteiger partial charge in [-0.1, -0.05) is 13.8 Å². The van der Waals surface area contributed by atoms with Gasteiger partial charge in [-0.2, -0.15) is 0 Å². The quantitative estimate of drug-likeness (QED) is 0.162. The third kappa shape index (κ3) is 6.95. The highest BCUT2D eigenvalue weighted by molar-refractivity contribution is 5.85. The van der Waals surface area contributed by atoms with E-state index < -0.39 is 90.9 Å². The van der Waals surface area contributed by atoms with E-state index in [9.17, 15) is 35.4 Å². The van der Waals surface area contributed by atoms with Crippen LogP contribution in [-0.2, 0) is 38.0 Å². The molecule has 0 aromatic heterocycles. The summed E-state index contributed by atoms with van der Waals surface area (Å²) in [4.78, 5) is 11.9. The second-order valence-electron chi connectivity index (χ2n) is 18.8. The predicted octanol–water partition coefficient (Wildman–Crippen LogP) is 2.22. The number of carbonyl (C=O) groups excluding carboxylic acids is 1. The Bertz CT molecular complexity index is 1410. The molecule has 14 nitrogen and oxygen atoms in total. The molecule has 4 heterocycles. The summed E-state index contributed by atoms with van der Waals surface area (Å²) in [6.45, 7) is 9.90. The zero-order valence-corrected chi connectivity index (χ0v) is 32.9. The van der Waals surface area contributed by atoms with E-state index in [1.165, 1.54) is 0 Å². The Labute approximate surface area is 323 Å². The van der Waals surface area contributed by atoms with E-state index in [1.807, 2.05) is 13.8 Å². The Morgan fingerprint density at radius 1 is 0.691 bits per heavy atom. The lowest BCUT2D eigenvalue weighted by Gasteiger charge is -2.65. The molecule has 0 unspecified atom stereocenters. The zero-order chi connectivity index (χ0) is 39.2. The van der Waals surface area contributed by atoms with Crippen molar-refractivity contribution in [2.75, 3.05) is 6.61 Å². The first-order valence-corrected chi connectivity index (χ1v) is 20.9. The highest BCUT2D eigenvalue weighted by atomic mass is 16.7. The molecular formula is C41H64O14. The summed E-state index contributed by atoms with van der Waals surface area (Å²) >= 11 is 0. The van der Waals surface area contributed by atoms with E-state index in [0.717, 1.165) is 44.1 Å². The average molecular weight is 781 g/mol. The molecule has 4 aliphatic heterocycles. The molecular weight excluding hydrogens is 716 g/mol. The molecule has 0 amide bonds. The second kappa shape index (κ2) is 15.1. The maximum absolute atomic E-state index is 12.6. The van der Waals surface area contributed by atoms with Crippen LogP contribution in [0.4, 0.5) is 0 Å². The van der Waals surface area contributed by atoms with Gasteiger partial charge in [0.2, 0.25) is 0 Å². The van der Waals surface area contributed by atoms with Crippen LogP contribution in [0.25, 0.3) is 0 Å². The first kappa shape index (κ1) is 40.5. The maximum atomic E-state index is 12.6. The number of cyclic esters (lactones) is 1. The van der Waals surface area contributed by atoms with E-state index in [0.29, 0.717) is 18.8 Å². The van der Waals surface area contributed by atoms with Crippen LogP contribution in [0.5, 0.6) is 0 Å². The third-order valence-corrected chi connectivity index (χ3v) is 16.0. The van der Waals surface area contributed by atoms with Crippen LogP contribution in [0, 0.1) is 34.5 Å². The maximum Gasteiger partial charge on any atom is 0.331 e. The van der Waals surface area contributed by atoms with E-state index >= 15 is 0 Å². The normalized spacial score (nSPS) is 55.5. The second-order valence-corrected chi connectivity index (χ2v) is 18.8. The van der Waals surface area contributed by atoms with Crippen molar-refractivity contribution in [1.29, 1.82) is 0 Å². The van der Waals surface area contributed by atoms with E-state index in [2.05, 4.69) is 6.92 Å². The van der Waals surface area contributed by atoms with Crippen LogP contribution < -0.4 is 0 Å². The molecule has 3 saturated heterocycles. The number of aliphatic hydroxyl groups excluding tert-OH is 5. The minimum atomic E-state index is -1.01. The van der Waals surface area contributed by atoms with Crippen LogP contribution in [-0.4, -0.2) is 135 Å². The zero-order valence-electron chi connectivity index (χ0n) is 32.9. The number of hydrogen-bond donors (Lipinski definition) is 6. The Kier molecular flexibility index (Phi) is 11.1. The van der Waals surface area contributed by atoms with Gasteiger partial charge in [0.25, 0.3) is 0 Å². The minimum Gasteiger partial charge on any atom is -0.458 e. The van der Waals surface area contributed by atoms with Crippen LogP contribution in [0.1, 0.15) is 105 Å². The first-order valence-electron chi connectivity index (χ1n) is 20.9. The fourth-order valence-electron chi connectivity index (χ4n) is 12.8. The van der Waals surface area contributed by atoms with Gasteiger partial charge in [-0.25, -0.2) is 4.79 Å². The number of carbonyl (C=O) groups is 1. The molecule has 8 aliphatic rings. The van der Waals surface area contributed by atoms with Crippen LogP contribution in [0.2, 0.25) is 0 Å². The molecule has 4 saturated carbocycles. The molecule has 4 aliphatic carbocycles. The highest BCUT2D eigenvalue weighted by Gasteiger charge is 2.71. The first-order chi connectivity index (χ1) is 26.0. The van der Waals surface area contributed by atoms with Gasteiger partial charge in [-0.15, -0.1) is 0 Å². The van der Waals surface area contributed by atoms with Gasteiger partial charge in [-0.05, 0) is 107 Å². The lowest BCUT2D eigenvalue weighted by Crippen LogP contribution is -2.67. The van der Waals surface area contributed by atoms with Crippen molar-refractivity contribution in [3.05, 3.63) is 11.6 Å². The lowest BCUT2D eigenvalue weighted by molar-refractivity contribution is -0.336. The summed E-state index contributed by atoms with van der Waals surface area (Å²) < 4.78 is 42.1. The number of ether oxygens (including phenoxy) is 7. The average Bonchev–Trinajstić information content (AvgIpc) is 3.67. The number of esters is 1. The summed E-state index contributed by atoms with van der Waals surface area (Å²) in [5.74, 6) is 0.204. The fourth-order valence-corrected chi connectivity index (χ4v) is 12.8. The van der Waals surface area contributed by atoms with E-state index in [4.69, 9.17) is 33.2 Å². The Morgan fingerprint density at radius 2 is 1.29 bits per heavy atom. The molecule has 7 fully saturated rings. The Morgan fingerprint density at radius 3 is 1.87 bits per heavy atom. The van der Waals surface area contributed by atoms with Gasteiger partial charge in [0.15, 0.2) is 18.9 Å². The van der Waals surface area contributed by atoms with Crippen molar-refractivity contribution in [3.63, 3.8) is 0 Å². The molecule has 6 N–H and O–H groups in total. The van der Waals surface area contributed by atoms with Crippen molar-refractivity contribution in [2.45, 2.75) is 197 Å². The van der Waals surface area contributed by atoms with Crippen molar-refractivity contribution in [3.8, 4) is 0 Å². The molecule has 0 bridgehead atoms. The standard InChI is InChI=1S/C41H64O14/c1-19-36(47)28(42)15-34(50-19)54-38-21(3)52-35(17-30(38)44)55-37-20(2)51-33(16-29(37)43)53-24-8-10-39(4)23(13-24)6-7-26-27(39)14-31(45)40(5)25(9-11-41(26,40)48)22-12-32(46)49-18-22/h12,19-21,23-31,33-38,42-45,47-48H,6-11,13-18H2,1-5H3/t19-,20+,21+,23-,24+,25-,26-,27+,28-,29-,30-,31-,33-,34+,35-,36-,37+,38+,39+,40+,41+/m1/s1. The van der Waals surface area contributed by atoms with Crippen LogP contribution in [0.3, 0.4) is 0 Å². The molecule has 0 aromatic rings. The summed E-state index contributed by atoms with van der Waals surface area (Å²) in [6, 6.07) is 0. The topological polar surface area (TPSA) is 203 Å². The van der Waals surface area contributed by atoms with E-state index in [1.54, 1.807) is 19.9 Å². The molecule has 0 aromatic carbocycles. The van der Waals surface area contributed by atoms with Gasteiger partial charge in [0, 0.05) is 30.8 Å². The summed E-state index contributed by atoms with van der Waals surface area (Å²) in [6.07, 6.45) is -1.51. The highest BCUT2D eigenvalue weighted by Crippen LogP contribution is 2.70. The molecule has 8 rings (SSSR count). The molecule has 21 atom stereocenters. The Hall–Kier alpha value is -1.27. The summed E-state index contributed by atoms with van der Waals surface area (Å²) in [7, 11) is 0. The number of rotatable bonds is 7. The SMILES string of the molecule is C[C@@H]1O[C@H](O[C@H]2CC[C@@]3(C)[C@H](CC[C@@H]4[C@@H]3C[C@@H](O)[C@]3(C)[C@@H](C5=CC(=O)OC5)CC[C@]43O)C2)C[C@@H](O)[C@H]1O[C@@H]1C[C@@H](O)[C@@H](O[C@H]2C[C@@H](O)[C@H](O)[C@@H](C)O2)[C@H](C)O1. The number of aliphatic hydroxyl groups is 6. The largest absolute Gasteiger partial charge is 0.458 e. The number of fused-ring (bicyclic) bond motifs is 5. The lowest BCUT2D eigenvalue weighted by atomic mass is 9.42.